The summed E-state index contributed by atoms with van der Waals surface area (Å²) in [7, 11) is 1.86. The van der Waals surface area contributed by atoms with Crippen LogP contribution in [0.3, 0.4) is 0 Å². The van der Waals surface area contributed by atoms with Crippen LogP contribution >= 0.6 is 22.9 Å². The molecule has 1 unspecified atom stereocenters. The SMILES string of the molecule is CN1N=CCC1N=Nc1sc(N=Nc2ccc(O)c(Cl)c2)nc1-c1ccccc1. The number of rotatable bonds is 5. The molecular weight excluding hydrogens is 410 g/mol. The van der Waals surface area contributed by atoms with Gasteiger partial charge in [-0.15, -0.1) is 15.3 Å². The third-order valence-corrected chi connectivity index (χ3v) is 5.25. The van der Waals surface area contributed by atoms with E-state index in [2.05, 4.69) is 30.5 Å². The van der Waals surface area contributed by atoms with Gasteiger partial charge in [0.05, 0.1) is 10.7 Å². The van der Waals surface area contributed by atoms with E-state index in [4.69, 9.17) is 11.6 Å². The van der Waals surface area contributed by atoms with E-state index in [1.807, 2.05) is 43.6 Å². The number of aromatic nitrogens is 1. The molecule has 2 heterocycles. The Morgan fingerprint density at radius 2 is 1.97 bits per heavy atom. The highest BCUT2D eigenvalue weighted by molar-refractivity contribution is 7.19. The molecule has 0 amide bonds. The molecule has 3 aromatic rings. The Labute approximate surface area is 175 Å². The molecule has 0 spiro atoms. The Morgan fingerprint density at radius 1 is 1.14 bits per heavy atom. The summed E-state index contributed by atoms with van der Waals surface area (Å²) >= 11 is 7.21. The van der Waals surface area contributed by atoms with Crippen molar-refractivity contribution in [2.45, 2.75) is 12.6 Å². The van der Waals surface area contributed by atoms with Gasteiger partial charge in [0.2, 0.25) is 5.13 Å². The Morgan fingerprint density at radius 3 is 2.69 bits per heavy atom. The van der Waals surface area contributed by atoms with Crippen molar-refractivity contribution in [3.63, 3.8) is 0 Å². The van der Waals surface area contributed by atoms with E-state index in [-0.39, 0.29) is 16.9 Å². The van der Waals surface area contributed by atoms with Gasteiger partial charge in [0.1, 0.15) is 11.4 Å². The molecule has 0 bridgehead atoms. The molecule has 1 aromatic heterocycles. The van der Waals surface area contributed by atoms with Crippen molar-refractivity contribution in [3.05, 3.63) is 53.6 Å². The van der Waals surface area contributed by atoms with Crippen LogP contribution in [0, 0.1) is 0 Å². The van der Waals surface area contributed by atoms with Gasteiger partial charge in [-0.1, -0.05) is 53.3 Å². The summed E-state index contributed by atoms with van der Waals surface area (Å²) in [5.41, 5.74) is 2.12. The van der Waals surface area contributed by atoms with Crippen molar-refractivity contribution < 1.29 is 5.11 Å². The average Bonchev–Trinajstić information content (AvgIpc) is 3.33. The summed E-state index contributed by atoms with van der Waals surface area (Å²) in [6, 6.07) is 14.3. The number of hydrogen-bond acceptors (Lipinski definition) is 9. The van der Waals surface area contributed by atoms with E-state index in [0.29, 0.717) is 27.9 Å². The van der Waals surface area contributed by atoms with Gasteiger partial charge < -0.3 is 5.11 Å². The second-order valence-electron chi connectivity index (χ2n) is 6.16. The molecule has 0 saturated carbocycles. The van der Waals surface area contributed by atoms with Gasteiger partial charge in [0, 0.05) is 25.2 Å². The van der Waals surface area contributed by atoms with Gasteiger partial charge in [0.15, 0.2) is 11.2 Å². The zero-order valence-electron chi connectivity index (χ0n) is 15.3. The zero-order valence-corrected chi connectivity index (χ0v) is 16.9. The van der Waals surface area contributed by atoms with Gasteiger partial charge in [-0.2, -0.15) is 10.2 Å². The molecule has 0 fully saturated rings. The number of benzene rings is 2. The highest BCUT2D eigenvalue weighted by Gasteiger charge is 2.18. The summed E-state index contributed by atoms with van der Waals surface area (Å²) in [6.07, 6.45) is 2.41. The second-order valence-corrected chi connectivity index (χ2v) is 7.52. The zero-order chi connectivity index (χ0) is 20.2. The van der Waals surface area contributed by atoms with Crippen molar-refractivity contribution >= 4 is 45.0 Å². The molecule has 1 aliphatic rings. The smallest absolute Gasteiger partial charge is 0.232 e. The van der Waals surface area contributed by atoms with Gasteiger partial charge in [-0.05, 0) is 18.2 Å². The quantitative estimate of drug-likeness (QED) is 0.484. The van der Waals surface area contributed by atoms with Crippen LogP contribution in [-0.2, 0) is 0 Å². The minimum atomic E-state index is -0.120. The standard InChI is InChI=1S/C19H16ClN7OS/c1-27-16(9-10-21-27)24-25-18-17(12-5-3-2-4-6-12)22-19(29-18)26-23-13-7-8-15(28)14(20)11-13/h2-8,10-11,16,28H,9H2,1H3. The number of hydrazone groups is 1. The number of phenolic OH excluding ortho intramolecular Hbond substituents is 1. The molecular formula is C19H16ClN7OS. The molecule has 1 aliphatic heterocycles. The van der Waals surface area contributed by atoms with Crippen LogP contribution in [0.15, 0.2) is 74.1 Å². The van der Waals surface area contributed by atoms with Gasteiger partial charge >= 0.3 is 0 Å². The Hall–Kier alpha value is -3.17. The van der Waals surface area contributed by atoms with Gasteiger partial charge in [0.25, 0.3) is 0 Å². The first-order valence-corrected chi connectivity index (χ1v) is 9.92. The fourth-order valence-electron chi connectivity index (χ4n) is 2.59. The first kappa shape index (κ1) is 19.2. The van der Waals surface area contributed by atoms with E-state index >= 15 is 0 Å². The number of phenols is 1. The molecule has 1 atom stereocenters. The predicted octanol–water partition coefficient (Wildman–Crippen LogP) is 6.32. The third kappa shape index (κ3) is 4.47. The van der Waals surface area contributed by atoms with Gasteiger partial charge in [-0.25, -0.2) is 4.98 Å². The van der Waals surface area contributed by atoms with Crippen LogP contribution < -0.4 is 0 Å². The summed E-state index contributed by atoms with van der Waals surface area (Å²) < 4.78 is 0. The molecule has 146 valence electrons. The maximum atomic E-state index is 9.51. The lowest BCUT2D eigenvalue weighted by atomic mass is 10.2. The molecule has 0 saturated heterocycles. The summed E-state index contributed by atoms with van der Waals surface area (Å²) in [6.45, 7) is 0. The van der Waals surface area contributed by atoms with Crippen molar-refractivity contribution in [2.75, 3.05) is 7.05 Å². The lowest BCUT2D eigenvalue weighted by molar-refractivity contribution is 0.285. The Bertz CT molecular complexity index is 1100. The predicted molar refractivity (Wildman–Crippen MR) is 114 cm³/mol. The minimum absolute atomic E-state index is 0.00483. The Kier molecular flexibility index (Phi) is 5.59. The minimum Gasteiger partial charge on any atom is -0.506 e. The fraction of sp³-hybridized carbons (Fsp3) is 0.158. The second kappa shape index (κ2) is 8.46. The molecule has 2 aromatic carbocycles. The first-order chi connectivity index (χ1) is 14.1. The van der Waals surface area contributed by atoms with Crippen molar-refractivity contribution in [3.8, 4) is 17.0 Å². The van der Waals surface area contributed by atoms with E-state index in [1.165, 1.54) is 23.5 Å². The largest absolute Gasteiger partial charge is 0.506 e. The number of hydrogen-bond donors (Lipinski definition) is 1. The lowest BCUT2D eigenvalue weighted by Crippen LogP contribution is -2.18. The molecule has 0 aliphatic carbocycles. The van der Waals surface area contributed by atoms with Crippen LogP contribution in [0.5, 0.6) is 5.75 Å². The maximum absolute atomic E-state index is 9.51. The Balaban J connectivity index is 1.64. The van der Waals surface area contributed by atoms with Crippen molar-refractivity contribution in [1.29, 1.82) is 0 Å². The molecule has 0 radical (unpaired) electrons. The maximum Gasteiger partial charge on any atom is 0.232 e. The molecule has 4 rings (SSSR count). The molecule has 29 heavy (non-hydrogen) atoms. The summed E-state index contributed by atoms with van der Waals surface area (Å²) in [4.78, 5) is 4.58. The van der Waals surface area contributed by atoms with E-state index in [9.17, 15) is 5.11 Å². The third-order valence-electron chi connectivity index (χ3n) is 4.12. The van der Waals surface area contributed by atoms with Gasteiger partial charge in [-0.3, -0.25) is 5.01 Å². The number of halogens is 1. The van der Waals surface area contributed by atoms with E-state index < -0.39 is 0 Å². The molecule has 10 heteroatoms. The van der Waals surface area contributed by atoms with Crippen LogP contribution in [0.2, 0.25) is 5.02 Å². The van der Waals surface area contributed by atoms with Crippen LogP contribution in [0.1, 0.15) is 6.42 Å². The van der Waals surface area contributed by atoms with Crippen LogP contribution in [-0.4, -0.2) is 34.5 Å². The number of azo groups is 2. The fourth-order valence-corrected chi connectivity index (χ4v) is 3.51. The summed E-state index contributed by atoms with van der Waals surface area (Å²) in [5, 5.41) is 33.9. The van der Waals surface area contributed by atoms with Crippen molar-refractivity contribution in [2.24, 2.45) is 25.6 Å². The van der Waals surface area contributed by atoms with E-state index in [0.717, 1.165) is 5.56 Å². The highest BCUT2D eigenvalue weighted by atomic mass is 35.5. The highest BCUT2D eigenvalue weighted by Crippen LogP contribution is 2.40. The monoisotopic (exact) mass is 425 g/mol. The number of aromatic hydroxyl groups is 1. The van der Waals surface area contributed by atoms with E-state index in [1.54, 1.807) is 11.1 Å². The lowest BCUT2D eigenvalue weighted by Gasteiger charge is -2.12. The molecule has 1 N–H and O–H groups in total. The summed E-state index contributed by atoms with van der Waals surface area (Å²) in [5.74, 6) is -0.00483. The average molecular weight is 426 g/mol. The number of thiazole rings is 1. The van der Waals surface area contributed by atoms with Crippen LogP contribution in [0.4, 0.5) is 15.8 Å². The van der Waals surface area contributed by atoms with Crippen LogP contribution in [0.25, 0.3) is 11.3 Å². The first-order valence-electron chi connectivity index (χ1n) is 8.73. The topological polar surface area (TPSA) is 98.2 Å². The van der Waals surface area contributed by atoms with Crippen molar-refractivity contribution in [1.82, 2.24) is 9.99 Å². The normalized spacial score (nSPS) is 16.5. The molecule has 8 nitrogen and oxygen atoms in total. The number of nitrogens with zero attached hydrogens (tertiary/aromatic N) is 7.